The van der Waals surface area contributed by atoms with Crippen molar-refractivity contribution in [3.63, 3.8) is 0 Å². The van der Waals surface area contributed by atoms with Crippen LogP contribution in [0.1, 0.15) is 48.3 Å². The van der Waals surface area contributed by atoms with Crippen LogP contribution in [0.2, 0.25) is 0 Å². The lowest BCUT2D eigenvalue weighted by Crippen LogP contribution is -2.63. The summed E-state index contributed by atoms with van der Waals surface area (Å²) in [6, 6.07) is 6.06. The van der Waals surface area contributed by atoms with Gasteiger partial charge in [0.25, 0.3) is 5.91 Å². The average Bonchev–Trinajstić information content (AvgIpc) is 3.38. The van der Waals surface area contributed by atoms with E-state index in [1.54, 1.807) is 26.1 Å². The Hall–Kier alpha value is -3.53. The number of nitrogens with zero attached hydrogens (tertiary/aromatic N) is 6. The first kappa shape index (κ1) is 23.2. The van der Waals surface area contributed by atoms with Crippen molar-refractivity contribution in [2.45, 2.75) is 39.2 Å². The summed E-state index contributed by atoms with van der Waals surface area (Å²) in [6.07, 6.45) is 5.45. The van der Waals surface area contributed by atoms with E-state index in [1.165, 1.54) is 16.2 Å². The molecule has 3 amide bonds. The van der Waals surface area contributed by atoms with Crippen LogP contribution in [0.3, 0.4) is 0 Å². The Balaban J connectivity index is 1.42. The van der Waals surface area contributed by atoms with Gasteiger partial charge in [-0.1, -0.05) is 11.4 Å². The van der Waals surface area contributed by atoms with Crippen LogP contribution in [0.15, 0.2) is 35.5 Å². The number of imide groups is 1. The SMILES string of the molecule is CCOC(=O)c1ccc(-n2c(C)c[n+]3c2N=C2C3C(=O)N(CCN3CCCCC3)C(=O)N2C)cc1. The molecule has 10 heteroatoms. The molecule has 2 saturated heterocycles. The number of aryl methyl sites for hydroxylation is 1. The number of piperidine rings is 1. The fourth-order valence-corrected chi connectivity index (χ4v) is 5.09. The molecule has 1 atom stereocenters. The molecule has 10 nitrogen and oxygen atoms in total. The van der Waals surface area contributed by atoms with Crippen molar-refractivity contribution in [2.24, 2.45) is 4.99 Å². The van der Waals surface area contributed by atoms with E-state index in [0.29, 0.717) is 37.0 Å². The summed E-state index contributed by atoms with van der Waals surface area (Å²) < 4.78 is 8.83. The molecule has 0 radical (unpaired) electrons. The fraction of sp³-hybridized carbons (Fsp3) is 0.480. The zero-order valence-corrected chi connectivity index (χ0v) is 20.4. The summed E-state index contributed by atoms with van der Waals surface area (Å²) in [6.45, 7) is 7.11. The van der Waals surface area contributed by atoms with Crippen LogP contribution >= 0.6 is 0 Å². The Labute approximate surface area is 204 Å². The van der Waals surface area contributed by atoms with Gasteiger partial charge in [0.1, 0.15) is 17.6 Å². The molecule has 2 aromatic rings. The van der Waals surface area contributed by atoms with Gasteiger partial charge in [-0.2, -0.15) is 4.57 Å². The predicted molar refractivity (Wildman–Crippen MR) is 128 cm³/mol. The number of hydrogen-bond acceptors (Lipinski definition) is 6. The van der Waals surface area contributed by atoms with Crippen molar-refractivity contribution in [2.75, 3.05) is 39.8 Å². The highest BCUT2D eigenvalue weighted by Crippen LogP contribution is 2.31. The van der Waals surface area contributed by atoms with E-state index in [1.807, 2.05) is 34.4 Å². The van der Waals surface area contributed by atoms with E-state index in [2.05, 4.69) is 4.90 Å². The van der Waals surface area contributed by atoms with Gasteiger partial charge in [-0.05, 0) is 64.0 Å². The first-order chi connectivity index (χ1) is 16.9. The molecule has 3 aliphatic rings. The molecule has 0 N–H and O–H groups in total. The van der Waals surface area contributed by atoms with Crippen molar-refractivity contribution in [1.29, 1.82) is 0 Å². The van der Waals surface area contributed by atoms with E-state index in [0.717, 1.165) is 37.3 Å². The Morgan fingerprint density at radius 3 is 2.51 bits per heavy atom. The molecule has 3 aliphatic heterocycles. The number of amidine groups is 1. The van der Waals surface area contributed by atoms with Gasteiger partial charge in [0, 0.05) is 20.1 Å². The molecule has 1 aromatic carbocycles. The molecule has 0 spiro atoms. The monoisotopic (exact) mass is 479 g/mol. The van der Waals surface area contributed by atoms with Crippen LogP contribution in [0, 0.1) is 6.92 Å². The Morgan fingerprint density at radius 1 is 1.11 bits per heavy atom. The number of aromatic nitrogens is 2. The van der Waals surface area contributed by atoms with E-state index >= 15 is 0 Å². The standard InChI is InChI=1S/C25H31N6O4/c1-4-35-23(33)18-8-10-19(11-9-18)31-17(2)16-30-20-21(26-24(30)31)27(3)25(34)29(22(20)32)15-14-28-12-6-5-7-13-28/h8-11,16,20H,4-7,12-15H2,1-3H3/q+1. The highest BCUT2D eigenvalue weighted by Gasteiger charge is 2.53. The van der Waals surface area contributed by atoms with Crippen LogP contribution in [-0.2, 0) is 9.53 Å². The Kier molecular flexibility index (Phi) is 6.14. The number of urea groups is 1. The van der Waals surface area contributed by atoms with Gasteiger partial charge in [-0.3, -0.25) is 14.6 Å². The van der Waals surface area contributed by atoms with E-state index in [9.17, 15) is 14.4 Å². The molecule has 1 aromatic heterocycles. The van der Waals surface area contributed by atoms with Gasteiger partial charge >= 0.3 is 17.9 Å². The molecular formula is C25H31N6O4+. The van der Waals surface area contributed by atoms with Crippen molar-refractivity contribution in [3.8, 4) is 5.69 Å². The molecule has 184 valence electrons. The fourth-order valence-electron chi connectivity index (χ4n) is 5.09. The van der Waals surface area contributed by atoms with E-state index in [-0.39, 0.29) is 17.9 Å². The van der Waals surface area contributed by atoms with Crippen LogP contribution in [0.5, 0.6) is 0 Å². The molecule has 0 aliphatic carbocycles. The quantitative estimate of drug-likeness (QED) is 0.468. The summed E-state index contributed by atoms with van der Waals surface area (Å²) in [7, 11) is 1.67. The molecule has 4 heterocycles. The normalized spacial score (nSPS) is 20.1. The van der Waals surface area contributed by atoms with Gasteiger partial charge in [0.2, 0.25) is 11.9 Å². The van der Waals surface area contributed by atoms with Crippen LogP contribution in [0.4, 0.5) is 10.7 Å². The number of benzene rings is 1. The molecule has 5 rings (SSSR count). The minimum Gasteiger partial charge on any atom is -0.462 e. The third-order valence-electron chi connectivity index (χ3n) is 6.93. The van der Waals surface area contributed by atoms with Crippen molar-refractivity contribution in [1.82, 2.24) is 19.3 Å². The van der Waals surface area contributed by atoms with Gasteiger partial charge in [0.15, 0.2) is 0 Å². The second-order valence-corrected chi connectivity index (χ2v) is 9.19. The lowest BCUT2D eigenvalue weighted by molar-refractivity contribution is -0.676. The zero-order chi connectivity index (χ0) is 24.7. The third-order valence-corrected chi connectivity index (χ3v) is 6.93. The highest BCUT2D eigenvalue weighted by molar-refractivity contribution is 6.19. The number of likely N-dealkylation sites (tertiary alicyclic amines) is 1. The maximum atomic E-state index is 13.5. The maximum Gasteiger partial charge on any atom is 0.406 e. The lowest BCUT2D eigenvalue weighted by atomic mass is 10.1. The molecule has 0 saturated carbocycles. The lowest BCUT2D eigenvalue weighted by Gasteiger charge is -2.35. The number of hydrogen-bond donors (Lipinski definition) is 0. The van der Waals surface area contributed by atoms with Gasteiger partial charge < -0.3 is 9.64 Å². The third kappa shape index (κ3) is 4.01. The number of imidazole rings is 1. The molecule has 2 fully saturated rings. The van der Waals surface area contributed by atoms with Crippen molar-refractivity contribution in [3.05, 3.63) is 41.7 Å². The molecular weight excluding hydrogens is 448 g/mol. The number of esters is 1. The first-order valence-electron chi connectivity index (χ1n) is 12.2. The number of aliphatic imine (C=N–C) groups is 1. The highest BCUT2D eigenvalue weighted by atomic mass is 16.5. The minimum atomic E-state index is -0.673. The number of carbonyl (C=O) groups excluding carboxylic acids is 3. The van der Waals surface area contributed by atoms with E-state index < -0.39 is 6.04 Å². The van der Waals surface area contributed by atoms with Crippen molar-refractivity contribution >= 4 is 29.7 Å². The van der Waals surface area contributed by atoms with Gasteiger partial charge in [-0.25, -0.2) is 14.2 Å². The largest absolute Gasteiger partial charge is 0.462 e. The Bertz CT molecular complexity index is 1200. The zero-order valence-electron chi connectivity index (χ0n) is 20.4. The van der Waals surface area contributed by atoms with E-state index in [4.69, 9.17) is 9.73 Å². The minimum absolute atomic E-state index is 0.248. The van der Waals surface area contributed by atoms with Crippen LogP contribution in [-0.4, -0.2) is 82.8 Å². The summed E-state index contributed by atoms with van der Waals surface area (Å²) in [5, 5.41) is 0. The van der Waals surface area contributed by atoms with Gasteiger partial charge in [0.05, 0.1) is 12.2 Å². The van der Waals surface area contributed by atoms with Crippen LogP contribution < -0.4 is 4.57 Å². The number of amides is 3. The summed E-state index contributed by atoms with van der Waals surface area (Å²) in [4.78, 5) is 48.5. The average molecular weight is 480 g/mol. The number of carbonyl (C=O) groups is 3. The Morgan fingerprint density at radius 2 is 1.83 bits per heavy atom. The molecule has 0 bridgehead atoms. The van der Waals surface area contributed by atoms with Crippen LogP contribution in [0.25, 0.3) is 5.69 Å². The second kappa shape index (κ2) is 9.26. The molecule has 35 heavy (non-hydrogen) atoms. The summed E-state index contributed by atoms with van der Waals surface area (Å²) in [5.41, 5.74) is 2.16. The van der Waals surface area contributed by atoms with Gasteiger partial charge in [-0.15, -0.1) is 0 Å². The number of ether oxygens (including phenoxy) is 1. The summed E-state index contributed by atoms with van der Waals surface area (Å²) >= 11 is 0. The second-order valence-electron chi connectivity index (χ2n) is 9.19. The number of rotatable bonds is 6. The molecule has 1 unspecified atom stereocenters. The predicted octanol–water partition coefficient (Wildman–Crippen LogP) is 2.21. The smallest absolute Gasteiger partial charge is 0.406 e. The summed E-state index contributed by atoms with van der Waals surface area (Å²) in [5.74, 6) is 0.380. The first-order valence-corrected chi connectivity index (χ1v) is 12.2. The number of fused-ring (bicyclic) bond motifs is 3. The number of likely N-dealkylation sites (N-methyl/N-ethyl adjacent to an activating group) is 1. The topological polar surface area (TPSA) is 91.3 Å². The maximum absolute atomic E-state index is 13.5. The van der Waals surface area contributed by atoms with Crippen molar-refractivity contribution < 1.29 is 23.7 Å².